The molecular weight excluding hydrogens is 268 g/mol. The minimum Gasteiger partial charge on any atom is -0.378 e. The molecule has 1 saturated heterocycles. The molecular formula is C12H17BrN2O. The number of nitrogens with two attached hydrogens (primary N) is 1. The van der Waals surface area contributed by atoms with Gasteiger partial charge in [-0.3, -0.25) is 0 Å². The predicted molar refractivity (Wildman–Crippen MR) is 69.6 cm³/mol. The van der Waals surface area contributed by atoms with E-state index in [1.807, 2.05) is 24.3 Å². The van der Waals surface area contributed by atoms with Crippen molar-refractivity contribution < 1.29 is 4.74 Å². The van der Waals surface area contributed by atoms with E-state index < -0.39 is 0 Å². The van der Waals surface area contributed by atoms with E-state index in [2.05, 4.69) is 21.2 Å². The first-order chi connectivity index (χ1) is 7.81. The molecule has 0 aliphatic carbocycles. The van der Waals surface area contributed by atoms with E-state index >= 15 is 0 Å². The van der Waals surface area contributed by atoms with Gasteiger partial charge in [0.05, 0.1) is 12.1 Å². The van der Waals surface area contributed by atoms with Crippen LogP contribution in [0, 0.1) is 0 Å². The number of ether oxygens (including phenoxy) is 1. The van der Waals surface area contributed by atoms with Gasteiger partial charge >= 0.3 is 0 Å². The van der Waals surface area contributed by atoms with E-state index in [1.54, 1.807) is 0 Å². The lowest BCUT2D eigenvalue weighted by Gasteiger charge is -2.24. The quantitative estimate of drug-likeness (QED) is 0.892. The van der Waals surface area contributed by atoms with Gasteiger partial charge in [-0.2, -0.15) is 0 Å². The Morgan fingerprint density at radius 1 is 1.50 bits per heavy atom. The Balaban J connectivity index is 2.03. The van der Waals surface area contributed by atoms with Gasteiger partial charge in [-0.15, -0.1) is 0 Å². The maximum Gasteiger partial charge on any atom is 0.0789 e. The van der Waals surface area contributed by atoms with E-state index in [-0.39, 0.29) is 12.1 Å². The molecule has 1 aromatic rings. The number of hydrogen-bond acceptors (Lipinski definition) is 3. The molecule has 16 heavy (non-hydrogen) atoms. The van der Waals surface area contributed by atoms with Crippen LogP contribution in [0.25, 0.3) is 0 Å². The molecule has 1 heterocycles. The second-order valence-corrected chi connectivity index (χ2v) is 4.87. The zero-order valence-corrected chi connectivity index (χ0v) is 10.7. The van der Waals surface area contributed by atoms with Crippen LogP contribution in [0.3, 0.4) is 0 Å². The van der Waals surface area contributed by atoms with Crippen molar-refractivity contribution in [3.8, 4) is 0 Å². The molecule has 0 aromatic heterocycles. The highest BCUT2D eigenvalue weighted by atomic mass is 79.9. The zero-order valence-electron chi connectivity index (χ0n) is 9.16. The summed E-state index contributed by atoms with van der Waals surface area (Å²) in [5, 5.41) is 3.44. The van der Waals surface area contributed by atoms with Crippen LogP contribution in [0.15, 0.2) is 28.7 Å². The van der Waals surface area contributed by atoms with Crippen LogP contribution in [0.1, 0.15) is 12.8 Å². The van der Waals surface area contributed by atoms with Crippen molar-refractivity contribution in [3.05, 3.63) is 28.7 Å². The van der Waals surface area contributed by atoms with Crippen molar-refractivity contribution in [1.29, 1.82) is 0 Å². The van der Waals surface area contributed by atoms with E-state index in [0.717, 1.165) is 29.6 Å². The number of para-hydroxylation sites is 1. The Bertz CT molecular complexity index is 340. The lowest BCUT2D eigenvalue weighted by atomic mass is 10.1. The Morgan fingerprint density at radius 3 is 2.94 bits per heavy atom. The summed E-state index contributed by atoms with van der Waals surface area (Å²) >= 11 is 3.52. The second kappa shape index (κ2) is 5.66. The van der Waals surface area contributed by atoms with Crippen LogP contribution in [-0.2, 0) is 4.74 Å². The molecule has 0 bridgehead atoms. The molecule has 3 nitrogen and oxygen atoms in total. The number of rotatable bonds is 4. The number of benzene rings is 1. The summed E-state index contributed by atoms with van der Waals surface area (Å²) in [6.07, 6.45) is 2.48. The monoisotopic (exact) mass is 284 g/mol. The SMILES string of the molecule is NCC(Nc1ccccc1Br)C1CCCO1. The van der Waals surface area contributed by atoms with Crippen LogP contribution >= 0.6 is 15.9 Å². The minimum atomic E-state index is 0.196. The van der Waals surface area contributed by atoms with Gasteiger partial charge in [-0.25, -0.2) is 0 Å². The molecule has 1 aliphatic heterocycles. The van der Waals surface area contributed by atoms with Crippen molar-refractivity contribution >= 4 is 21.6 Å². The third kappa shape index (κ3) is 2.75. The third-order valence-electron chi connectivity index (χ3n) is 2.88. The fourth-order valence-corrected chi connectivity index (χ4v) is 2.40. The van der Waals surface area contributed by atoms with Crippen molar-refractivity contribution in [1.82, 2.24) is 0 Å². The van der Waals surface area contributed by atoms with Gasteiger partial charge in [-0.1, -0.05) is 12.1 Å². The van der Waals surface area contributed by atoms with Gasteiger partial charge in [0.2, 0.25) is 0 Å². The number of halogens is 1. The van der Waals surface area contributed by atoms with Crippen molar-refractivity contribution in [2.45, 2.75) is 25.0 Å². The molecule has 4 heteroatoms. The smallest absolute Gasteiger partial charge is 0.0789 e. The van der Waals surface area contributed by atoms with Crippen molar-refractivity contribution in [2.24, 2.45) is 5.73 Å². The molecule has 2 atom stereocenters. The van der Waals surface area contributed by atoms with Gasteiger partial charge in [0.25, 0.3) is 0 Å². The molecule has 2 rings (SSSR count). The van der Waals surface area contributed by atoms with Gasteiger partial charge in [0.15, 0.2) is 0 Å². The maximum atomic E-state index is 5.79. The van der Waals surface area contributed by atoms with Gasteiger partial charge in [0.1, 0.15) is 0 Å². The third-order valence-corrected chi connectivity index (χ3v) is 3.57. The zero-order chi connectivity index (χ0) is 11.4. The first kappa shape index (κ1) is 11.9. The van der Waals surface area contributed by atoms with Gasteiger partial charge in [0, 0.05) is 23.3 Å². The molecule has 1 aliphatic rings. The Morgan fingerprint density at radius 2 is 2.31 bits per heavy atom. The Hall–Kier alpha value is -0.580. The fourth-order valence-electron chi connectivity index (χ4n) is 2.00. The standard InChI is InChI=1S/C12H17BrN2O/c13-9-4-1-2-5-10(9)15-11(8-14)12-6-3-7-16-12/h1-2,4-5,11-12,15H,3,6-8,14H2. The lowest BCUT2D eigenvalue weighted by molar-refractivity contribution is 0.0973. The van der Waals surface area contributed by atoms with Crippen molar-refractivity contribution in [3.63, 3.8) is 0 Å². The summed E-state index contributed by atoms with van der Waals surface area (Å²) < 4.78 is 6.72. The highest BCUT2D eigenvalue weighted by Gasteiger charge is 2.24. The maximum absolute atomic E-state index is 5.79. The molecule has 0 amide bonds. The molecule has 1 fully saturated rings. The number of anilines is 1. The normalized spacial score (nSPS) is 22.0. The average Bonchev–Trinajstić information content (AvgIpc) is 2.81. The van der Waals surface area contributed by atoms with E-state index in [4.69, 9.17) is 10.5 Å². The predicted octanol–water partition coefficient (Wildman–Crippen LogP) is 2.37. The molecule has 1 aromatic carbocycles. The minimum absolute atomic E-state index is 0.196. The lowest BCUT2D eigenvalue weighted by Crippen LogP contribution is -2.39. The Kier molecular flexibility index (Phi) is 4.21. The van der Waals surface area contributed by atoms with Gasteiger partial charge in [-0.05, 0) is 40.9 Å². The van der Waals surface area contributed by atoms with E-state index in [0.29, 0.717) is 6.54 Å². The second-order valence-electron chi connectivity index (χ2n) is 4.02. The summed E-state index contributed by atoms with van der Waals surface area (Å²) in [4.78, 5) is 0. The van der Waals surface area contributed by atoms with Gasteiger partial charge < -0.3 is 15.8 Å². The highest BCUT2D eigenvalue weighted by Crippen LogP contribution is 2.24. The van der Waals surface area contributed by atoms with Crippen LogP contribution in [0.5, 0.6) is 0 Å². The highest BCUT2D eigenvalue weighted by molar-refractivity contribution is 9.10. The van der Waals surface area contributed by atoms with Crippen LogP contribution in [-0.4, -0.2) is 25.3 Å². The molecule has 3 N–H and O–H groups in total. The van der Waals surface area contributed by atoms with Crippen LogP contribution < -0.4 is 11.1 Å². The first-order valence-corrected chi connectivity index (χ1v) is 6.43. The average molecular weight is 285 g/mol. The summed E-state index contributed by atoms with van der Waals surface area (Å²) in [7, 11) is 0. The van der Waals surface area contributed by atoms with Crippen molar-refractivity contribution in [2.75, 3.05) is 18.5 Å². The Labute approximate surface area is 104 Å². The largest absolute Gasteiger partial charge is 0.378 e. The van der Waals surface area contributed by atoms with E-state index in [9.17, 15) is 0 Å². The molecule has 0 radical (unpaired) electrons. The summed E-state index contributed by atoms with van der Waals surface area (Å²) in [6, 6.07) is 8.27. The van der Waals surface area contributed by atoms with Crippen LogP contribution in [0.2, 0.25) is 0 Å². The van der Waals surface area contributed by atoms with Crippen LogP contribution in [0.4, 0.5) is 5.69 Å². The summed E-state index contributed by atoms with van der Waals surface area (Å²) in [5.41, 5.74) is 6.87. The first-order valence-electron chi connectivity index (χ1n) is 5.64. The molecule has 0 saturated carbocycles. The molecule has 88 valence electrons. The topological polar surface area (TPSA) is 47.3 Å². The fraction of sp³-hybridized carbons (Fsp3) is 0.500. The summed E-state index contributed by atoms with van der Waals surface area (Å²) in [5.74, 6) is 0. The van der Waals surface area contributed by atoms with E-state index in [1.165, 1.54) is 0 Å². The number of nitrogens with one attached hydrogen (secondary N) is 1. The molecule has 2 unspecified atom stereocenters. The summed E-state index contributed by atoms with van der Waals surface area (Å²) in [6.45, 7) is 1.45. The molecule has 0 spiro atoms. The number of hydrogen-bond donors (Lipinski definition) is 2.